The number of amides is 1. The minimum atomic E-state index is -1.01. The number of hydrogen-bond donors (Lipinski definition) is 2. The number of nitrogens with one attached hydrogen (secondary N) is 1. The first-order valence-corrected chi connectivity index (χ1v) is 8.18. The van der Waals surface area contributed by atoms with Crippen LogP contribution in [0, 0.1) is 5.92 Å². The van der Waals surface area contributed by atoms with Crippen LogP contribution in [0.2, 0.25) is 0 Å². The van der Waals surface area contributed by atoms with E-state index in [0.717, 1.165) is 35.5 Å². The topological polar surface area (TPSA) is 75.6 Å². The van der Waals surface area contributed by atoms with Crippen LogP contribution in [-0.2, 0) is 0 Å². The third kappa shape index (κ3) is 3.53. The highest BCUT2D eigenvalue weighted by molar-refractivity contribution is 7.15. The van der Waals surface area contributed by atoms with E-state index >= 15 is 0 Å². The van der Waals surface area contributed by atoms with Crippen molar-refractivity contribution in [2.45, 2.75) is 18.9 Å². The van der Waals surface area contributed by atoms with Gasteiger partial charge in [-0.2, -0.15) is 0 Å². The fraction of sp³-hybridized carbons (Fsp3) is 0.294. The quantitative estimate of drug-likeness (QED) is 0.851. The summed E-state index contributed by atoms with van der Waals surface area (Å²) < 4.78 is 5.16. The molecule has 0 bridgehead atoms. The zero-order valence-corrected chi connectivity index (χ0v) is 13.4. The van der Waals surface area contributed by atoms with Crippen molar-refractivity contribution in [2.75, 3.05) is 7.11 Å². The van der Waals surface area contributed by atoms with Crippen LogP contribution in [0.25, 0.3) is 0 Å². The lowest BCUT2D eigenvalue weighted by Gasteiger charge is -2.18. The summed E-state index contributed by atoms with van der Waals surface area (Å²) in [6.45, 7) is 0. The van der Waals surface area contributed by atoms with E-state index in [1.54, 1.807) is 13.2 Å². The Kier molecular flexibility index (Phi) is 4.34. The highest BCUT2D eigenvalue weighted by atomic mass is 32.1. The highest BCUT2D eigenvalue weighted by Gasteiger charge is 2.33. The third-order valence-electron chi connectivity index (χ3n) is 3.90. The molecule has 1 fully saturated rings. The summed E-state index contributed by atoms with van der Waals surface area (Å²) in [7, 11) is 1.62. The molecule has 0 saturated heterocycles. The summed E-state index contributed by atoms with van der Waals surface area (Å²) in [4.78, 5) is 23.9. The lowest BCUT2D eigenvalue weighted by Crippen LogP contribution is -2.29. The van der Waals surface area contributed by atoms with Gasteiger partial charge in [0.2, 0.25) is 0 Å². The minimum absolute atomic E-state index is 0.0521. The van der Waals surface area contributed by atoms with E-state index in [1.807, 2.05) is 24.3 Å². The van der Waals surface area contributed by atoms with Crippen molar-refractivity contribution >= 4 is 23.2 Å². The first kappa shape index (κ1) is 15.6. The van der Waals surface area contributed by atoms with Crippen LogP contribution in [0.15, 0.2) is 36.4 Å². The molecule has 2 aromatic rings. The van der Waals surface area contributed by atoms with Crippen molar-refractivity contribution in [2.24, 2.45) is 5.92 Å². The Hall–Kier alpha value is -2.34. The summed E-state index contributed by atoms with van der Waals surface area (Å²) in [5, 5.41) is 12.0. The Morgan fingerprint density at radius 1 is 1.17 bits per heavy atom. The van der Waals surface area contributed by atoms with Gasteiger partial charge in [0.15, 0.2) is 0 Å². The third-order valence-corrected chi connectivity index (χ3v) is 4.97. The number of thiophene rings is 1. The molecule has 1 heterocycles. The molecule has 0 aliphatic heterocycles. The number of methoxy groups -OCH3 is 1. The molecule has 1 aromatic carbocycles. The molecule has 120 valence electrons. The molecule has 0 spiro atoms. The van der Waals surface area contributed by atoms with Crippen LogP contribution in [0.3, 0.4) is 0 Å². The molecular formula is C17H17NO4S. The lowest BCUT2D eigenvalue weighted by molar-refractivity contribution is 0.0702. The number of carboxylic acid groups (broad SMARTS) is 1. The van der Waals surface area contributed by atoms with Crippen molar-refractivity contribution in [3.8, 4) is 5.75 Å². The number of benzene rings is 1. The molecule has 2 N–H and O–H groups in total. The maximum atomic E-state index is 12.4. The van der Waals surface area contributed by atoms with Crippen molar-refractivity contribution in [3.05, 3.63) is 51.7 Å². The van der Waals surface area contributed by atoms with Crippen molar-refractivity contribution in [3.63, 3.8) is 0 Å². The number of ether oxygens (including phenoxy) is 1. The average Bonchev–Trinajstić information content (AvgIpc) is 3.27. The number of rotatable bonds is 6. The molecule has 1 aliphatic rings. The standard InChI is InChI=1S/C17H17NO4S/c1-22-12-6-4-11(5-7-12)15(10-2-3-10)18-16(19)13-8-9-14(23-13)17(20)21/h4-10,15H,2-3H2,1H3,(H,18,19)(H,20,21). The van der Waals surface area contributed by atoms with Gasteiger partial charge in [0.25, 0.3) is 5.91 Å². The molecule has 1 aromatic heterocycles. The van der Waals surface area contributed by atoms with Crippen LogP contribution in [0.5, 0.6) is 5.75 Å². The van der Waals surface area contributed by atoms with Gasteiger partial charge in [-0.1, -0.05) is 12.1 Å². The molecule has 0 radical (unpaired) electrons. The normalized spacial score (nSPS) is 15.0. The van der Waals surface area contributed by atoms with Crippen molar-refractivity contribution in [1.29, 1.82) is 0 Å². The molecule has 1 atom stereocenters. The summed E-state index contributed by atoms with van der Waals surface area (Å²) in [5.41, 5.74) is 1.04. The van der Waals surface area contributed by atoms with Gasteiger partial charge in [-0.3, -0.25) is 4.79 Å². The second-order valence-electron chi connectivity index (χ2n) is 5.53. The maximum Gasteiger partial charge on any atom is 0.345 e. The van der Waals surface area contributed by atoms with Gasteiger partial charge in [-0.15, -0.1) is 11.3 Å². The van der Waals surface area contributed by atoms with E-state index in [-0.39, 0.29) is 16.8 Å². The van der Waals surface area contributed by atoms with Gasteiger partial charge in [-0.25, -0.2) is 4.79 Å². The Balaban J connectivity index is 1.76. The molecule has 5 nitrogen and oxygen atoms in total. The number of hydrogen-bond acceptors (Lipinski definition) is 4. The largest absolute Gasteiger partial charge is 0.497 e. The smallest absolute Gasteiger partial charge is 0.345 e. The summed E-state index contributed by atoms with van der Waals surface area (Å²) in [6, 6.07) is 10.6. The highest BCUT2D eigenvalue weighted by Crippen LogP contribution is 2.41. The van der Waals surface area contributed by atoms with Gasteiger partial charge in [0, 0.05) is 0 Å². The number of carbonyl (C=O) groups excluding carboxylic acids is 1. The van der Waals surface area contributed by atoms with Crippen LogP contribution in [0.4, 0.5) is 0 Å². The zero-order valence-electron chi connectivity index (χ0n) is 12.6. The predicted molar refractivity (Wildman–Crippen MR) is 87.2 cm³/mol. The van der Waals surface area contributed by atoms with E-state index in [2.05, 4.69) is 5.32 Å². The van der Waals surface area contributed by atoms with Gasteiger partial charge in [0.1, 0.15) is 10.6 Å². The fourth-order valence-electron chi connectivity index (χ4n) is 2.50. The summed E-state index contributed by atoms with van der Waals surface area (Å²) in [6.07, 6.45) is 2.17. The molecule has 3 rings (SSSR count). The molecule has 1 saturated carbocycles. The molecular weight excluding hydrogens is 314 g/mol. The lowest BCUT2D eigenvalue weighted by atomic mass is 10.0. The van der Waals surface area contributed by atoms with Crippen LogP contribution in [-0.4, -0.2) is 24.1 Å². The van der Waals surface area contributed by atoms with E-state index in [0.29, 0.717) is 10.8 Å². The van der Waals surface area contributed by atoms with Crippen LogP contribution >= 0.6 is 11.3 Å². The monoisotopic (exact) mass is 331 g/mol. The maximum absolute atomic E-state index is 12.4. The van der Waals surface area contributed by atoms with Crippen molar-refractivity contribution < 1.29 is 19.4 Å². The zero-order chi connectivity index (χ0) is 16.4. The van der Waals surface area contributed by atoms with E-state index < -0.39 is 5.97 Å². The molecule has 1 aliphatic carbocycles. The van der Waals surface area contributed by atoms with Crippen molar-refractivity contribution in [1.82, 2.24) is 5.32 Å². The minimum Gasteiger partial charge on any atom is -0.497 e. The Morgan fingerprint density at radius 3 is 2.35 bits per heavy atom. The van der Waals surface area contributed by atoms with Gasteiger partial charge < -0.3 is 15.2 Å². The molecule has 1 amide bonds. The second-order valence-corrected chi connectivity index (χ2v) is 6.61. The second kappa shape index (κ2) is 6.42. The first-order chi connectivity index (χ1) is 11.1. The summed E-state index contributed by atoms with van der Waals surface area (Å²) >= 11 is 0.993. The Bertz CT molecular complexity index is 718. The van der Waals surface area contributed by atoms with Crippen LogP contribution in [0.1, 0.15) is 43.8 Å². The fourth-order valence-corrected chi connectivity index (χ4v) is 3.25. The first-order valence-electron chi connectivity index (χ1n) is 7.36. The van der Waals surface area contributed by atoms with Gasteiger partial charge in [-0.05, 0) is 48.6 Å². The average molecular weight is 331 g/mol. The van der Waals surface area contributed by atoms with E-state index in [9.17, 15) is 9.59 Å². The predicted octanol–water partition coefficient (Wildman–Crippen LogP) is 3.34. The molecule has 23 heavy (non-hydrogen) atoms. The van der Waals surface area contributed by atoms with Gasteiger partial charge >= 0.3 is 5.97 Å². The summed E-state index contributed by atoms with van der Waals surface area (Å²) in [5.74, 6) is -0.0246. The Labute approximate surface area is 137 Å². The number of carbonyl (C=O) groups is 2. The van der Waals surface area contributed by atoms with E-state index in [1.165, 1.54) is 6.07 Å². The molecule has 6 heteroatoms. The SMILES string of the molecule is COc1ccc(C(NC(=O)c2ccc(C(=O)O)s2)C2CC2)cc1. The van der Waals surface area contributed by atoms with Gasteiger partial charge in [0.05, 0.1) is 18.0 Å². The Morgan fingerprint density at radius 2 is 1.83 bits per heavy atom. The molecule has 1 unspecified atom stereocenters. The van der Waals surface area contributed by atoms with Crippen LogP contribution < -0.4 is 10.1 Å². The number of carboxylic acids is 1. The number of aromatic carboxylic acids is 1. The van der Waals surface area contributed by atoms with E-state index in [4.69, 9.17) is 9.84 Å².